The molecule has 1 aliphatic rings. The van der Waals surface area contributed by atoms with Gasteiger partial charge in [-0.15, -0.1) is 0 Å². The van der Waals surface area contributed by atoms with E-state index in [1.807, 2.05) is 0 Å². The minimum Gasteiger partial charge on any atom is -0.469 e. The molecule has 3 rings (SSSR count). The van der Waals surface area contributed by atoms with Crippen LogP contribution in [0.3, 0.4) is 0 Å². The van der Waals surface area contributed by atoms with Crippen LogP contribution in [0, 0.1) is 12.8 Å². The number of aryl methyl sites for hydroxylation is 1. The number of ether oxygens (including phenoxy) is 1. The van der Waals surface area contributed by atoms with Crippen molar-refractivity contribution in [1.82, 2.24) is 14.7 Å². The second-order valence-corrected chi connectivity index (χ2v) is 9.31. The monoisotopic (exact) mass is 472 g/mol. The molecule has 0 saturated heterocycles. The maximum Gasteiger partial charge on any atom is 0.417 e. The van der Waals surface area contributed by atoms with Gasteiger partial charge in [-0.2, -0.15) is 13.2 Å². The van der Waals surface area contributed by atoms with Gasteiger partial charge in [0.1, 0.15) is 0 Å². The molecule has 0 amide bonds. The number of hydrogen-bond acceptors (Lipinski definition) is 7. The fraction of sp³-hybridized carbons (Fsp3) is 0.450. The Kier molecular flexibility index (Phi) is 6.75. The molecule has 8 nitrogen and oxygen atoms in total. The van der Waals surface area contributed by atoms with Crippen molar-refractivity contribution in [3.05, 3.63) is 35.7 Å². The number of rotatable bonds is 5. The van der Waals surface area contributed by atoms with E-state index >= 15 is 0 Å². The summed E-state index contributed by atoms with van der Waals surface area (Å²) in [4.78, 5) is 18.6. The summed E-state index contributed by atoms with van der Waals surface area (Å²) < 4.78 is 73.9. The number of carbonyl (C=O) groups excluding carboxylic acids is 1. The molecule has 1 aromatic carbocycles. The third-order valence-corrected chi connectivity index (χ3v) is 7.03. The largest absolute Gasteiger partial charge is 0.469 e. The number of benzene rings is 1. The molecule has 2 aromatic rings. The van der Waals surface area contributed by atoms with Crippen LogP contribution in [0.15, 0.2) is 29.3 Å². The fourth-order valence-corrected chi connectivity index (χ4v) is 5.37. The highest BCUT2D eigenvalue weighted by molar-refractivity contribution is 7.89. The van der Waals surface area contributed by atoms with Crippen LogP contribution in [0.5, 0.6) is 0 Å². The van der Waals surface area contributed by atoms with Crippen molar-refractivity contribution in [3.63, 3.8) is 0 Å². The molecule has 0 radical (unpaired) electrons. The van der Waals surface area contributed by atoms with Crippen LogP contribution in [0.2, 0.25) is 0 Å². The van der Waals surface area contributed by atoms with Gasteiger partial charge >= 0.3 is 12.1 Å². The Morgan fingerprint density at radius 3 is 2.44 bits per heavy atom. The fourth-order valence-electron chi connectivity index (χ4n) is 3.81. The molecule has 0 bridgehead atoms. The van der Waals surface area contributed by atoms with Crippen LogP contribution in [0.1, 0.15) is 36.9 Å². The zero-order valence-electron chi connectivity index (χ0n) is 17.4. The highest BCUT2D eigenvalue weighted by Gasteiger charge is 2.38. The molecule has 1 fully saturated rings. The summed E-state index contributed by atoms with van der Waals surface area (Å²) in [5.74, 6) is -0.724. The van der Waals surface area contributed by atoms with Gasteiger partial charge in [0.05, 0.1) is 29.2 Å². The van der Waals surface area contributed by atoms with Gasteiger partial charge in [-0.3, -0.25) is 4.79 Å². The van der Waals surface area contributed by atoms with Gasteiger partial charge in [-0.25, -0.2) is 23.1 Å². The van der Waals surface area contributed by atoms with Crippen LogP contribution in [0.25, 0.3) is 11.1 Å². The SMILES string of the molecule is COC(=O)[C@H]1CC[C@H](NS(=O)(=O)c2cc(-c3cnc(N)nc3C)ccc2C(F)(F)F)CC1. The summed E-state index contributed by atoms with van der Waals surface area (Å²) in [6.07, 6.45) is -2.16. The third-order valence-electron chi connectivity index (χ3n) is 5.47. The van der Waals surface area contributed by atoms with Crippen LogP contribution < -0.4 is 10.5 Å². The first-order chi connectivity index (χ1) is 14.9. The van der Waals surface area contributed by atoms with Gasteiger partial charge < -0.3 is 10.5 Å². The van der Waals surface area contributed by atoms with Crippen molar-refractivity contribution in [2.75, 3.05) is 12.8 Å². The van der Waals surface area contributed by atoms with E-state index in [2.05, 4.69) is 14.7 Å². The standard InChI is InChI=1S/C20H23F3N4O4S/c1-11-15(10-25-19(24)26-11)13-5-8-16(20(21,22)23)17(9-13)32(29,30)27-14-6-3-12(4-7-14)18(28)31-2/h5,8-10,12,14,27H,3-4,6-7H2,1-2H3,(H2,24,25,26)/t12-,14-. The molecule has 174 valence electrons. The number of aromatic nitrogens is 2. The Bertz CT molecular complexity index is 1110. The van der Waals surface area contributed by atoms with Crippen LogP contribution in [0.4, 0.5) is 19.1 Å². The summed E-state index contributed by atoms with van der Waals surface area (Å²) in [6, 6.07) is 2.28. The van der Waals surface area contributed by atoms with Crippen molar-refractivity contribution < 1.29 is 31.1 Å². The molecule has 1 heterocycles. The van der Waals surface area contributed by atoms with Crippen LogP contribution >= 0.6 is 0 Å². The number of methoxy groups -OCH3 is 1. The lowest BCUT2D eigenvalue weighted by Crippen LogP contribution is -2.39. The Balaban J connectivity index is 1.94. The van der Waals surface area contributed by atoms with Crippen molar-refractivity contribution >= 4 is 21.9 Å². The van der Waals surface area contributed by atoms with Crippen molar-refractivity contribution in [3.8, 4) is 11.1 Å². The van der Waals surface area contributed by atoms with E-state index in [1.165, 1.54) is 19.4 Å². The third kappa shape index (κ3) is 5.18. The minimum atomic E-state index is -4.88. The van der Waals surface area contributed by atoms with Gasteiger partial charge in [0.25, 0.3) is 0 Å². The van der Waals surface area contributed by atoms with E-state index in [0.29, 0.717) is 36.9 Å². The topological polar surface area (TPSA) is 124 Å². The van der Waals surface area contributed by atoms with E-state index in [9.17, 15) is 26.4 Å². The number of nitrogens with zero attached hydrogens (tertiary/aromatic N) is 2. The molecule has 1 saturated carbocycles. The van der Waals surface area contributed by atoms with Gasteiger partial charge in [-0.05, 0) is 50.3 Å². The van der Waals surface area contributed by atoms with Gasteiger partial charge in [0.2, 0.25) is 16.0 Å². The number of nitrogen functional groups attached to an aromatic ring is 1. The first-order valence-electron chi connectivity index (χ1n) is 9.83. The first-order valence-corrected chi connectivity index (χ1v) is 11.3. The molecule has 0 aliphatic heterocycles. The Morgan fingerprint density at radius 1 is 1.22 bits per heavy atom. The van der Waals surface area contributed by atoms with Crippen molar-refractivity contribution in [1.29, 1.82) is 0 Å². The van der Waals surface area contributed by atoms with Gasteiger partial charge in [0.15, 0.2) is 0 Å². The Labute approximate surface area is 183 Å². The molecule has 32 heavy (non-hydrogen) atoms. The summed E-state index contributed by atoms with van der Waals surface area (Å²) in [5, 5.41) is 0. The number of nitrogens with two attached hydrogens (primary N) is 1. The second kappa shape index (κ2) is 9.02. The number of anilines is 1. The summed E-state index contributed by atoms with van der Waals surface area (Å²) in [6.45, 7) is 1.59. The van der Waals surface area contributed by atoms with E-state index in [0.717, 1.165) is 12.1 Å². The molecule has 0 atom stereocenters. The van der Waals surface area contributed by atoms with E-state index in [-0.39, 0.29) is 23.4 Å². The first kappa shape index (κ1) is 23.9. The smallest absolute Gasteiger partial charge is 0.417 e. The quantitative estimate of drug-likeness (QED) is 0.641. The molecular formula is C20H23F3N4O4S. The molecule has 1 aromatic heterocycles. The zero-order chi connectivity index (χ0) is 23.7. The minimum absolute atomic E-state index is 0.00442. The number of hydrogen-bond donors (Lipinski definition) is 2. The second-order valence-electron chi connectivity index (χ2n) is 7.63. The predicted octanol–water partition coefficient (Wildman–Crippen LogP) is 3.06. The number of esters is 1. The average Bonchev–Trinajstić information content (AvgIpc) is 2.72. The molecule has 3 N–H and O–H groups in total. The van der Waals surface area contributed by atoms with Crippen molar-refractivity contribution in [2.45, 2.75) is 49.7 Å². The Morgan fingerprint density at radius 2 is 1.88 bits per heavy atom. The normalized spacial score (nSPS) is 19.5. The lowest BCUT2D eigenvalue weighted by molar-refractivity contribution is -0.146. The summed E-state index contributed by atoms with van der Waals surface area (Å²) in [5.41, 5.74) is 5.22. The highest BCUT2D eigenvalue weighted by Crippen LogP contribution is 2.37. The number of nitrogens with one attached hydrogen (secondary N) is 1. The Hall–Kier alpha value is -2.73. The molecular weight excluding hydrogens is 449 g/mol. The van der Waals surface area contributed by atoms with E-state index in [4.69, 9.17) is 10.5 Å². The van der Waals surface area contributed by atoms with Gasteiger partial charge in [0, 0.05) is 17.8 Å². The number of halogens is 3. The summed E-state index contributed by atoms with van der Waals surface area (Å²) in [7, 11) is -3.25. The molecule has 12 heteroatoms. The van der Waals surface area contributed by atoms with Crippen LogP contribution in [-0.2, 0) is 25.7 Å². The zero-order valence-corrected chi connectivity index (χ0v) is 18.3. The average molecular weight is 472 g/mol. The number of alkyl halides is 3. The van der Waals surface area contributed by atoms with E-state index in [1.54, 1.807) is 6.92 Å². The number of carbonyl (C=O) groups is 1. The molecule has 0 unspecified atom stereocenters. The highest BCUT2D eigenvalue weighted by atomic mass is 32.2. The lowest BCUT2D eigenvalue weighted by Gasteiger charge is -2.28. The number of sulfonamides is 1. The van der Waals surface area contributed by atoms with Gasteiger partial charge in [-0.1, -0.05) is 6.07 Å². The maximum absolute atomic E-state index is 13.6. The molecule has 1 aliphatic carbocycles. The van der Waals surface area contributed by atoms with Crippen molar-refractivity contribution in [2.24, 2.45) is 5.92 Å². The van der Waals surface area contributed by atoms with Crippen LogP contribution in [-0.4, -0.2) is 37.5 Å². The van der Waals surface area contributed by atoms with E-state index < -0.39 is 32.7 Å². The summed E-state index contributed by atoms with van der Waals surface area (Å²) >= 11 is 0. The maximum atomic E-state index is 13.6. The lowest BCUT2D eigenvalue weighted by atomic mass is 9.86. The predicted molar refractivity (Wildman–Crippen MR) is 110 cm³/mol. The molecule has 0 spiro atoms.